The van der Waals surface area contributed by atoms with Gasteiger partial charge in [0.15, 0.2) is 0 Å². The van der Waals surface area contributed by atoms with Crippen molar-refractivity contribution in [2.75, 3.05) is 0 Å². The van der Waals surface area contributed by atoms with E-state index in [1.807, 2.05) is 74.5 Å². The molecule has 0 amide bonds. The number of rotatable bonds is 4. The number of ether oxygens (including phenoxy) is 1. The summed E-state index contributed by atoms with van der Waals surface area (Å²) in [6.07, 6.45) is 1.81. The number of aryl methyl sites for hydroxylation is 2. The molecule has 0 heterocycles. The third kappa shape index (κ3) is 4.50. The number of hydrogen-bond donors (Lipinski definition) is 0. The van der Waals surface area contributed by atoms with Gasteiger partial charge in [-0.05, 0) is 66.4 Å². The molecule has 0 atom stereocenters. The Morgan fingerprint density at radius 1 is 0.889 bits per heavy atom. The van der Waals surface area contributed by atoms with Gasteiger partial charge < -0.3 is 4.74 Å². The summed E-state index contributed by atoms with van der Waals surface area (Å²) >= 11 is 0. The Morgan fingerprint density at radius 2 is 1.59 bits per heavy atom. The van der Waals surface area contributed by atoms with Gasteiger partial charge in [0.2, 0.25) is 0 Å². The number of carbonyl (C=O) groups excluding carboxylic acids is 1. The van der Waals surface area contributed by atoms with Crippen molar-refractivity contribution in [3.63, 3.8) is 0 Å². The number of carbonyl (C=O) groups is 1. The average Bonchev–Trinajstić information content (AvgIpc) is 2.70. The Morgan fingerprint density at radius 3 is 2.22 bits per heavy atom. The summed E-state index contributed by atoms with van der Waals surface area (Å²) in [6.45, 7) is 3.97. The van der Waals surface area contributed by atoms with Gasteiger partial charge in [-0.2, -0.15) is 5.26 Å². The normalized spacial score (nSPS) is 10.9. The zero-order valence-electron chi connectivity index (χ0n) is 15.3. The molecule has 3 aromatic rings. The van der Waals surface area contributed by atoms with Gasteiger partial charge in [-0.3, -0.25) is 0 Å². The lowest BCUT2D eigenvalue weighted by atomic mass is 10.0. The topological polar surface area (TPSA) is 50.1 Å². The Balaban J connectivity index is 1.75. The molecule has 0 N–H and O–H groups in total. The molecule has 3 nitrogen and oxygen atoms in total. The van der Waals surface area contributed by atoms with E-state index in [0.717, 1.165) is 22.3 Å². The highest BCUT2D eigenvalue weighted by Crippen LogP contribution is 2.20. The molecular formula is C24H19NO2. The smallest absolute Gasteiger partial charge is 0.343 e. The molecule has 0 bridgehead atoms. The van der Waals surface area contributed by atoms with Crippen molar-refractivity contribution < 1.29 is 9.53 Å². The molecule has 0 aromatic heterocycles. The zero-order chi connectivity index (χ0) is 19.2. The zero-order valence-corrected chi connectivity index (χ0v) is 15.3. The fraction of sp³-hybridized carbons (Fsp3) is 0.0833. The molecule has 3 rings (SSSR count). The van der Waals surface area contributed by atoms with Crippen molar-refractivity contribution in [2.24, 2.45) is 0 Å². The molecule has 3 heteroatoms. The molecule has 0 saturated carbocycles. The third-order valence-electron chi connectivity index (χ3n) is 4.35. The van der Waals surface area contributed by atoms with Crippen molar-refractivity contribution in [3.05, 3.63) is 101 Å². The Labute approximate surface area is 159 Å². The van der Waals surface area contributed by atoms with Gasteiger partial charge in [0.05, 0.1) is 17.2 Å². The van der Waals surface area contributed by atoms with E-state index in [4.69, 9.17) is 4.74 Å². The lowest BCUT2D eigenvalue weighted by Crippen LogP contribution is -2.08. The molecular weight excluding hydrogens is 334 g/mol. The summed E-state index contributed by atoms with van der Waals surface area (Å²) in [5.74, 6) is 0.0805. The van der Waals surface area contributed by atoms with Crippen molar-refractivity contribution in [1.29, 1.82) is 5.26 Å². The van der Waals surface area contributed by atoms with E-state index in [1.165, 1.54) is 0 Å². The van der Waals surface area contributed by atoms with Crippen LogP contribution in [0.25, 0.3) is 11.6 Å². The number of hydrogen-bond acceptors (Lipinski definition) is 3. The van der Waals surface area contributed by atoms with Crippen LogP contribution in [0.2, 0.25) is 0 Å². The van der Waals surface area contributed by atoms with Crippen LogP contribution >= 0.6 is 0 Å². The minimum Gasteiger partial charge on any atom is -0.423 e. The van der Waals surface area contributed by atoms with E-state index < -0.39 is 0 Å². The quantitative estimate of drug-likeness (QED) is 0.266. The number of esters is 1. The molecule has 132 valence electrons. The number of allylic oxidation sites excluding steroid dienone is 1. The van der Waals surface area contributed by atoms with Crippen LogP contribution in [0.15, 0.2) is 72.8 Å². The van der Waals surface area contributed by atoms with Crippen LogP contribution in [0.5, 0.6) is 5.75 Å². The van der Waals surface area contributed by atoms with Crippen molar-refractivity contribution in [2.45, 2.75) is 13.8 Å². The number of nitriles is 1. The Hall–Kier alpha value is -3.64. The van der Waals surface area contributed by atoms with E-state index in [2.05, 4.69) is 6.07 Å². The first kappa shape index (κ1) is 18.2. The fourth-order valence-electron chi connectivity index (χ4n) is 2.63. The molecule has 0 saturated heterocycles. The summed E-state index contributed by atoms with van der Waals surface area (Å²) in [7, 11) is 0. The monoisotopic (exact) mass is 353 g/mol. The van der Waals surface area contributed by atoms with Gasteiger partial charge in [0.25, 0.3) is 0 Å². The van der Waals surface area contributed by atoms with Crippen LogP contribution in [0.4, 0.5) is 0 Å². The summed E-state index contributed by atoms with van der Waals surface area (Å²) in [6, 6.07) is 24.3. The Kier molecular flexibility index (Phi) is 5.49. The van der Waals surface area contributed by atoms with Gasteiger partial charge in [-0.1, -0.05) is 48.5 Å². The molecule has 0 aliphatic heterocycles. The second-order valence-corrected chi connectivity index (χ2v) is 6.29. The summed E-state index contributed by atoms with van der Waals surface area (Å²) in [5.41, 5.74) is 5.02. The maximum absolute atomic E-state index is 12.3. The standard InChI is InChI=1S/C24H19NO2/c1-17-8-11-21(14-18(17)2)24(26)27-23-12-9-19(10-13-23)15-22(16-25)20-6-4-3-5-7-20/h3-15H,1-2H3/b22-15-. The van der Waals surface area contributed by atoms with E-state index in [9.17, 15) is 10.1 Å². The number of benzene rings is 3. The largest absolute Gasteiger partial charge is 0.423 e. The van der Waals surface area contributed by atoms with E-state index in [0.29, 0.717) is 16.9 Å². The van der Waals surface area contributed by atoms with E-state index in [1.54, 1.807) is 18.2 Å². The second kappa shape index (κ2) is 8.16. The van der Waals surface area contributed by atoms with Gasteiger partial charge in [0.1, 0.15) is 5.75 Å². The first-order chi connectivity index (χ1) is 13.1. The molecule has 0 fully saturated rings. The predicted octanol–water partition coefficient (Wildman–Crippen LogP) is 5.59. The number of nitrogens with zero attached hydrogens (tertiary/aromatic N) is 1. The minimum absolute atomic E-state index is 0.386. The Bertz CT molecular complexity index is 1030. The highest BCUT2D eigenvalue weighted by molar-refractivity contribution is 5.92. The second-order valence-electron chi connectivity index (χ2n) is 6.29. The summed E-state index contributed by atoms with van der Waals surface area (Å²) < 4.78 is 5.44. The third-order valence-corrected chi connectivity index (χ3v) is 4.35. The van der Waals surface area contributed by atoms with Crippen LogP contribution in [-0.4, -0.2) is 5.97 Å². The van der Waals surface area contributed by atoms with Crippen LogP contribution < -0.4 is 4.74 Å². The van der Waals surface area contributed by atoms with Gasteiger partial charge in [0, 0.05) is 0 Å². The average molecular weight is 353 g/mol. The maximum Gasteiger partial charge on any atom is 0.343 e. The van der Waals surface area contributed by atoms with Gasteiger partial charge >= 0.3 is 5.97 Å². The van der Waals surface area contributed by atoms with Gasteiger partial charge in [-0.15, -0.1) is 0 Å². The lowest BCUT2D eigenvalue weighted by molar-refractivity contribution is 0.0734. The highest BCUT2D eigenvalue weighted by atomic mass is 16.5. The molecule has 0 aliphatic rings. The molecule has 0 aliphatic carbocycles. The predicted molar refractivity (Wildman–Crippen MR) is 107 cm³/mol. The maximum atomic E-state index is 12.3. The van der Waals surface area contributed by atoms with E-state index in [-0.39, 0.29) is 5.97 Å². The van der Waals surface area contributed by atoms with Crippen LogP contribution in [0, 0.1) is 25.2 Å². The molecule has 0 spiro atoms. The van der Waals surface area contributed by atoms with Crippen LogP contribution in [-0.2, 0) is 0 Å². The highest BCUT2D eigenvalue weighted by Gasteiger charge is 2.09. The van der Waals surface area contributed by atoms with Crippen molar-refractivity contribution >= 4 is 17.6 Å². The summed E-state index contributed by atoms with van der Waals surface area (Å²) in [5, 5.41) is 9.39. The lowest BCUT2D eigenvalue weighted by Gasteiger charge is -2.07. The molecule has 0 radical (unpaired) electrons. The van der Waals surface area contributed by atoms with Gasteiger partial charge in [-0.25, -0.2) is 4.79 Å². The molecule has 3 aromatic carbocycles. The van der Waals surface area contributed by atoms with Crippen molar-refractivity contribution in [3.8, 4) is 11.8 Å². The first-order valence-corrected chi connectivity index (χ1v) is 8.63. The van der Waals surface area contributed by atoms with Crippen LogP contribution in [0.3, 0.4) is 0 Å². The molecule has 27 heavy (non-hydrogen) atoms. The fourth-order valence-corrected chi connectivity index (χ4v) is 2.63. The minimum atomic E-state index is -0.386. The van der Waals surface area contributed by atoms with Crippen LogP contribution in [0.1, 0.15) is 32.6 Å². The SMILES string of the molecule is Cc1ccc(C(=O)Oc2ccc(/C=C(/C#N)c3ccccc3)cc2)cc1C. The summed E-state index contributed by atoms with van der Waals surface area (Å²) in [4.78, 5) is 12.3. The first-order valence-electron chi connectivity index (χ1n) is 8.63. The van der Waals surface area contributed by atoms with Crippen molar-refractivity contribution in [1.82, 2.24) is 0 Å². The van der Waals surface area contributed by atoms with E-state index >= 15 is 0 Å². The molecule has 0 unspecified atom stereocenters.